The smallest absolute Gasteiger partial charge is 0.430 e. The Balaban J connectivity index is 0.000000179. The first-order valence-corrected chi connectivity index (χ1v) is 25.3. The second-order valence-corrected chi connectivity index (χ2v) is 18.3. The summed E-state index contributed by atoms with van der Waals surface area (Å²) >= 11 is 0. The highest BCUT2D eigenvalue weighted by Crippen LogP contribution is 2.31. The third-order valence-corrected chi connectivity index (χ3v) is 13.1. The first-order valence-electron chi connectivity index (χ1n) is 25.3. The molecule has 2 saturated carbocycles. The van der Waals surface area contributed by atoms with E-state index in [2.05, 4.69) is 25.9 Å². The summed E-state index contributed by atoms with van der Waals surface area (Å²) in [5, 5.41) is 10.7. The van der Waals surface area contributed by atoms with Crippen LogP contribution in [-0.2, 0) is 4.74 Å². The number of benzene rings is 4. The van der Waals surface area contributed by atoms with E-state index in [4.69, 9.17) is 23.7 Å². The lowest BCUT2D eigenvalue weighted by atomic mass is 10.2. The third kappa shape index (κ3) is 12.6. The van der Waals surface area contributed by atoms with Crippen molar-refractivity contribution in [3.05, 3.63) is 158 Å². The number of amides is 6. The van der Waals surface area contributed by atoms with Gasteiger partial charge in [-0.05, 0) is 111 Å². The van der Waals surface area contributed by atoms with E-state index < -0.39 is 12.2 Å². The van der Waals surface area contributed by atoms with Crippen LogP contribution in [0.25, 0.3) is 21.8 Å². The van der Waals surface area contributed by atoms with Crippen LogP contribution in [0.5, 0.6) is 34.5 Å². The monoisotopic (exact) mass is 1030 g/mol. The zero-order valence-electron chi connectivity index (χ0n) is 41.4. The number of morpholine rings is 1. The van der Waals surface area contributed by atoms with Crippen LogP contribution in [0.15, 0.2) is 158 Å². The molecule has 0 bridgehead atoms. The molecule has 5 heterocycles. The predicted octanol–water partition coefficient (Wildman–Crippen LogP) is 11.7. The number of hydrogen-bond donors (Lipinski definition) is 3. The number of hydrogen-bond acceptors (Lipinski definition) is 12. The number of nitrogens with zero attached hydrogens (tertiary/aromatic N) is 6. The molecule has 2 aliphatic carbocycles. The standard InChI is InChI=1S/C33H28N4O6.C24H27N5O4/c38-31(35-24-9-7-8-10-24)36-20-18-23-21-27(15-16-29(23)36)41-28-17-19-34-30(22-28)37(32(39)42-25-11-3-1-4-12-25)33(40)43-26-13-5-2-6-14-26;30-23(28-11-13-32-14-12-28)27-22-16-20(7-9-25-22)33-19-5-6-21-17(15-19)8-10-29(21)24(31)26-18-3-1-2-4-18/h1-6,11-22,24H,7-10H2,(H,35,38);5-10,15-16,18H,1-4,11-14H2,(H,26,31)(H,25,27,30). The summed E-state index contributed by atoms with van der Waals surface area (Å²) in [5.41, 5.74) is 1.57. The number of imide groups is 1. The summed E-state index contributed by atoms with van der Waals surface area (Å²) in [5.74, 6) is 2.84. The highest BCUT2D eigenvalue weighted by atomic mass is 16.6. The van der Waals surface area contributed by atoms with Crippen molar-refractivity contribution in [3.8, 4) is 34.5 Å². The summed E-state index contributed by atoms with van der Waals surface area (Å²) in [4.78, 5) is 75.1. The SMILES string of the molecule is O=C(Nc1cc(Oc2ccc3c(ccn3C(=O)NC3CCCC3)c2)ccn1)N1CCOCC1.O=C(Oc1ccccc1)N(C(=O)Oc1ccccc1)c1cc(Oc2ccc3c(ccn3C(=O)NC3CCCC3)c2)ccn1. The summed E-state index contributed by atoms with van der Waals surface area (Å²) in [6.07, 6.45) is 13.2. The Morgan fingerprint density at radius 2 is 0.987 bits per heavy atom. The van der Waals surface area contributed by atoms with Crippen molar-refractivity contribution in [2.75, 3.05) is 36.5 Å². The number of urea groups is 1. The molecule has 3 aliphatic rings. The van der Waals surface area contributed by atoms with Gasteiger partial charge < -0.3 is 39.2 Å². The molecule has 11 rings (SSSR count). The van der Waals surface area contributed by atoms with Crippen molar-refractivity contribution in [1.29, 1.82) is 0 Å². The molecule has 388 valence electrons. The Morgan fingerprint density at radius 3 is 1.50 bits per heavy atom. The zero-order chi connectivity index (χ0) is 52.2. The van der Waals surface area contributed by atoms with Crippen LogP contribution in [0, 0.1) is 0 Å². The molecule has 4 aromatic heterocycles. The van der Waals surface area contributed by atoms with E-state index in [0.29, 0.717) is 60.0 Å². The number of aromatic nitrogens is 4. The molecule has 0 radical (unpaired) electrons. The van der Waals surface area contributed by atoms with Gasteiger partial charge in [-0.15, -0.1) is 0 Å². The maximum atomic E-state index is 13.2. The number of rotatable bonds is 10. The Bertz CT molecular complexity index is 3280. The summed E-state index contributed by atoms with van der Waals surface area (Å²) in [6, 6.07) is 37.9. The van der Waals surface area contributed by atoms with Crippen LogP contribution in [0.4, 0.5) is 35.6 Å². The Labute approximate surface area is 437 Å². The van der Waals surface area contributed by atoms with Crippen molar-refractivity contribution >= 4 is 63.7 Å². The van der Waals surface area contributed by atoms with Gasteiger partial charge >= 0.3 is 30.3 Å². The van der Waals surface area contributed by atoms with Gasteiger partial charge in [0.1, 0.15) is 40.3 Å². The molecule has 3 N–H and O–H groups in total. The topological polar surface area (TPSA) is 210 Å². The van der Waals surface area contributed by atoms with Crippen molar-refractivity contribution < 1.29 is 47.7 Å². The second kappa shape index (κ2) is 23.8. The zero-order valence-corrected chi connectivity index (χ0v) is 41.4. The van der Waals surface area contributed by atoms with Crippen molar-refractivity contribution in [3.63, 3.8) is 0 Å². The summed E-state index contributed by atoms with van der Waals surface area (Å²) in [7, 11) is 0. The highest BCUT2D eigenvalue weighted by molar-refractivity contribution is 6.10. The molecule has 0 unspecified atom stereocenters. The fourth-order valence-corrected chi connectivity index (χ4v) is 9.24. The van der Waals surface area contributed by atoms with Gasteiger partial charge in [-0.1, -0.05) is 62.1 Å². The number of carbonyl (C=O) groups excluding carboxylic acids is 5. The fraction of sp³-hybridized carbons (Fsp3) is 0.246. The lowest BCUT2D eigenvalue weighted by Gasteiger charge is -2.26. The van der Waals surface area contributed by atoms with Gasteiger partial charge in [-0.2, -0.15) is 4.90 Å². The van der Waals surface area contributed by atoms with Crippen LogP contribution in [0.2, 0.25) is 0 Å². The number of carbonyl (C=O) groups is 5. The van der Waals surface area contributed by atoms with E-state index in [9.17, 15) is 24.0 Å². The Kier molecular flexibility index (Phi) is 15.7. The number of ether oxygens (including phenoxy) is 5. The van der Waals surface area contributed by atoms with Gasteiger partial charge in [0.25, 0.3) is 0 Å². The number of para-hydroxylation sites is 2. The molecule has 0 atom stereocenters. The first-order chi connectivity index (χ1) is 37.2. The van der Waals surface area contributed by atoms with Gasteiger partial charge in [0, 0.05) is 72.9 Å². The second-order valence-electron chi connectivity index (χ2n) is 18.3. The number of anilines is 2. The molecule has 19 nitrogen and oxygen atoms in total. The largest absolute Gasteiger partial charge is 0.457 e. The van der Waals surface area contributed by atoms with E-state index in [1.807, 2.05) is 36.4 Å². The summed E-state index contributed by atoms with van der Waals surface area (Å²) in [6.45, 7) is 2.19. The molecular formula is C57H55N9O10. The minimum atomic E-state index is -1.00. The normalized spacial score (nSPS) is 14.6. The van der Waals surface area contributed by atoms with Crippen molar-refractivity contribution in [1.82, 2.24) is 34.6 Å². The van der Waals surface area contributed by atoms with Gasteiger partial charge in [0.15, 0.2) is 5.82 Å². The quantitative estimate of drug-likeness (QED) is 0.117. The van der Waals surface area contributed by atoms with Crippen molar-refractivity contribution in [2.24, 2.45) is 0 Å². The minimum absolute atomic E-state index is 0.0600. The third-order valence-electron chi connectivity index (χ3n) is 13.1. The maximum Gasteiger partial charge on any atom is 0.430 e. The number of nitrogens with one attached hydrogen (secondary N) is 3. The van der Waals surface area contributed by atoms with E-state index in [0.717, 1.165) is 60.3 Å². The molecule has 76 heavy (non-hydrogen) atoms. The van der Waals surface area contributed by atoms with E-state index >= 15 is 0 Å². The lowest BCUT2D eigenvalue weighted by Crippen LogP contribution is -2.43. The summed E-state index contributed by atoms with van der Waals surface area (Å²) < 4.78 is 31.4. The lowest BCUT2D eigenvalue weighted by molar-refractivity contribution is 0.0564. The van der Waals surface area contributed by atoms with Crippen LogP contribution < -0.4 is 39.8 Å². The Hall–Kier alpha value is -9.23. The molecule has 4 aromatic carbocycles. The fourth-order valence-electron chi connectivity index (χ4n) is 9.24. The molecule has 19 heteroatoms. The molecule has 8 aromatic rings. The highest BCUT2D eigenvalue weighted by Gasteiger charge is 2.30. The molecule has 3 fully saturated rings. The van der Waals surface area contributed by atoms with Gasteiger partial charge in [0.05, 0.1) is 24.2 Å². The average molecular weight is 1030 g/mol. The van der Waals surface area contributed by atoms with E-state index in [1.54, 1.807) is 124 Å². The molecule has 1 aliphatic heterocycles. The van der Waals surface area contributed by atoms with Crippen LogP contribution in [0.1, 0.15) is 51.4 Å². The van der Waals surface area contributed by atoms with Gasteiger partial charge in [-0.3, -0.25) is 14.5 Å². The van der Waals surface area contributed by atoms with E-state index in [1.165, 1.54) is 25.1 Å². The number of fused-ring (bicyclic) bond motifs is 2. The van der Waals surface area contributed by atoms with Gasteiger partial charge in [0.2, 0.25) is 0 Å². The molecular weight excluding hydrogens is 971 g/mol. The van der Waals surface area contributed by atoms with Crippen LogP contribution in [-0.4, -0.2) is 92.7 Å². The average Bonchev–Trinajstić information content (AvgIpc) is 4.30. The van der Waals surface area contributed by atoms with Gasteiger partial charge in [-0.25, -0.2) is 33.9 Å². The molecule has 0 spiro atoms. The first kappa shape index (κ1) is 50.3. The van der Waals surface area contributed by atoms with Crippen LogP contribution in [0.3, 0.4) is 0 Å². The molecule has 1 saturated heterocycles. The van der Waals surface area contributed by atoms with Crippen LogP contribution >= 0.6 is 0 Å². The van der Waals surface area contributed by atoms with Crippen molar-refractivity contribution in [2.45, 2.75) is 63.5 Å². The predicted molar refractivity (Wildman–Crippen MR) is 284 cm³/mol. The molecule has 6 amide bonds. The number of pyridine rings is 2. The Morgan fingerprint density at radius 1 is 0.513 bits per heavy atom. The minimum Gasteiger partial charge on any atom is -0.457 e. The maximum absolute atomic E-state index is 13.2. The van der Waals surface area contributed by atoms with E-state index in [-0.39, 0.29) is 47.5 Å².